The Balaban J connectivity index is 1.87. The van der Waals surface area contributed by atoms with E-state index in [2.05, 4.69) is 31.0 Å². The van der Waals surface area contributed by atoms with Gasteiger partial charge in [0.1, 0.15) is 0 Å². The molecule has 0 N–H and O–H groups in total. The molecule has 1 heterocycles. The summed E-state index contributed by atoms with van der Waals surface area (Å²) in [5.74, 6) is 0.434. The maximum atomic E-state index is 11.9. The molecule has 1 aliphatic rings. The molecular formula is C19H17NO2. The Morgan fingerprint density at radius 1 is 1.00 bits per heavy atom. The zero-order chi connectivity index (χ0) is 15.5. The normalized spacial score (nSPS) is 16.0. The number of aliphatic imine (C=N–C) groups is 1. The standard InChI is InChI=1S/C19H17NO2/c1-13(2)15-10-8-14(9-11-15)12-17-19(21)22-18(20-17)16-6-4-3-5-7-16/h3-13H,1-2H3/b17-12+. The minimum absolute atomic E-state index is 0.330. The predicted octanol–water partition coefficient (Wildman–Crippen LogP) is 4.15. The Morgan fingerprint density at radius 2 is 1.68 bits per heavy atom. The van der Waals surface area contributed by atoms with Crippen molar-refractivity contribution >= 4 is 17.9 Å². The molecule has 0 bridgehead atoms. The smallest absolute Gasteiger partial charge is 0.363 e. The summed E-state index contributed by atoms with van der Waals surface area (Å²) in [6.07, 6.45) is 1.75. The van der Waals surface area contributed by atoms with Gasteiger partial charge in [-0.15, -0.1) is 0 Å². The summed E-state index contributed by atoms with van der Waals surface area (Å²) >= 11 is 0. The van der Waals surface area contributed by atoms with Gasteiger partial charge in [-0.05, 0) is 35.3 Å². The van der Waals surface area contributed by atoms with Crippen LogP contribution < -0.4 is 0 Å². The van der Waals surface area contributed by atoms with Crippen molar-refractivity contribution in [3.05, 3.63) is 77.0 Å². The average molecular weight is 291 g/mol. The highest BCUT2D eigenvalue weighted by Gasteiger charge is 2.23. The van der Waals surface area contributed by atoms with E-state index >= 15 is 0 Å². The lowest BCUT2D eigenvalue weighted by atomic mass is 10.0. The third kappa shape index (κ3) is 2.98. The van der Waals surface area contributed by atoms with Crippen molar-refractivity contribution in [2.75, 3.05) is 0 Å². The van der Waals surface area contributed by atoms with Gasteiger partial charge >= 0.3 is 5.97 Å². The molecule has 0 atom stereocenters. The van der Waals surface area contributed by atoms with E-state index in [4.69, 9.17) is 4.74 Å². The molecule has 0 unspecified atom stereocenters. The fraction of sp³-hybridized carbons (Fsp3) is 0.158. The van der Waals surface area contributed by atoms with Gasteiger partial charge in [-0.2, -0.15) is 0 Å². The second-order valence-corrected chi connectivity index (χ2v) is 5.52. The number of carbonyl (C=O) groups excluding carboxylic acids is 1. The monoisotopic (exact) mass is 291 g/mol. The van der Waals surface area contributed by atoms with Gasteiger partial charge in [-0.3, -0.25) is 0 Å². The van der Waals surface area contributed by atoms with Crippen LogP contribution in [0.5, 0.6) is 0 Å². The molecular weight excluding hydrogens is 274 g/mol. The minimum atomic E-state index is -0.410. The third-order valence-corrected chi connectivity index (χ3v) is 3.55. The van der Waals surface area contributed by atoms with Gasteiger partial charge < -0.3 is 4.74 Å². The second kappa shape index (κ2) is 5.98. The molecule has 0 saturated carbocycles. The van der Waals surface area contributed by atoms with Crippen molar-refractivity contribution in [2.45, 2.75) is 19.8 Å². The maximum Gasteiger partial charge on any atom is 0.363 e. The number of esters is 1. The molecule has 0 spiro atoms. The Bertz CT molecular complexity index is 741. The van der Waals surface area contributed by atoms with Crippen LogP contribution in [-0.2, 0) is 9.53 Å². The molecule has 2 aromatic carbocycles. The van der Waals surface area contributed by atoms with Crippen LogP contribution in [0, 0.1) is 0 Å². The maximum absolute atomic E-state index is 11.9. The molecule has 0 aromatic heterocycles. The summed E-state index contributed by atoms with van der Waals surface area (Å²) in [5, 5.41) is 0. The zero-order valence-electron chi connectivity index (χ0n) is 12.6. The van der Waals surface area contributed by atoms with Crippen LogP contribution in [0.1, 0.15) is 36.5 Å². The molecule has 0 fully saturated rings. The summed E-state index contributed by atoms with van der Waals surface area (Å²) in [5.41, 5.74) is 3.34. The fourth-order valence-corrected chi connectivity index (χ4v) is 2.25. The van der Waals surface area contributed by atoms with E-state index in [1.165, 1.54) is 5.56 Å². The van der Waals surface area contributed by atoms with Gasteiger partial charge in [0.15, 0.2) is 5.70 Å². The first-order valence-electron chi connectivity index (χ1n) is 7.31. The third-order valence-electron chi connectivity index (χ3n) is 3.55. The van der Waals surface area contributed by atoms with Crippen molar-refractivity contribution in [3.63, 3.8) is 0 Å². The number of hydrogen-bond donors (Lipinski definition) is 0. The van der Waals surface area contributed by atoms with E-state index in [1.807, 2.05) is 42.5 Å². The SMILES string of the molecule is CC(C)c1ccc(/C=C2/N=C(c3ccccc3)OC2=O)cc1. The van der Waals surface area contributed by atoms with Crippen molar-refractivity contribution in [3.8, 4) is 0 Å². The average Bonchev–Trinajstić information content (AvgIpc) is 2.90. The second-order valence-electron chi connectivity index (χ2n) is 5.52. The molecule has 110 valence electrons. The number of benzene rings is 2. The number of rotatable bonds is 3. The summed E-state index contributed by atoms with van der Waals surface area (Å²) in [6.45, 7) is 4.30. The van der Waals surface area contributed by atoms with Crippen LogP contribution >= 0.6 is 0 Å². The number of nitrogens with zero attached hydrogens (tertiary/aromatic N) is 1. The van der Waals surface area contributed by atoms with E-state index in [0.717, 1.165) is 11.1 Å². The molecule has 22 heavy (non-hydrogen) atoms. The first kappa shape index (κ1) is 14.3. The molecule has 0 aliphatic carbocycles. The molecule has 0 radical (unpaired) electrons. The lowest BCUT2D eigenvalue weighted by Gasteiger charge is -2.04. The molecule has 2 aromatic rings. The summed E-state index contributed by atoms with van der Waals surface area (Å²) < 4.78 is 5.24. The van der Waals surface area contributed by atoms with E-state index < -0.39 is 5.97 Å². The highest BCUT2D eigenvalue weighted by molar-refractivity contribution is 6.12. The van der Waals surface area contributed by atoms with Crippen molar-refractivity contribution in [1.29, 1.82) is 0 Å². The summed E-state index contributed by atoms with van der Waals surface area (Å²) in [7, 11) is 0. The van der Waals surface area contributed by atoms with Crippen LogP contribution in [-0.4, -0.2) is 11.9 Å². The Kier molecular flexibility index (Phi) is 3.88. The van der Waals surface area contributed by atoms with E-state index in [1.54, 1.807) is 6.08 Å². The number of ether oxygens (including phenoxy) is 1. The highest BCUT2D eigenvalue weighted by Crippen LogP contribution is 2.20. The molecule has 0 saturated heterocycles. The molecule has 0 amide bonds. The lowest BCUT2D eigenvalue weighted by molar-refractivity contribution is -0.129. The van der Waals surface area contributed by atoms with Gasteiger partial charge in [-0.25, -0.2) is 9.79 Å². The van der Waals surface area contributed by atoms with Crippen LogP contribution in [0.2, 0.25) is 0 Å². The van der Waals surface area contributed by atoms with Crippen LogP contribution in [0.25, 0.3) is 6.08 Å². The highest BCUT2D eigenvalue weighted by atomic mass is 16.6. The fourth-order valence-electron chi connectivity index (χ4n) is 2.25. The summed E-state index contributed by atoms with van der Waals surface area (Å²) in [6, 6.07) is 17.5. The van der Waals surface area contributed by atoms with Gasteiger partial charge in [0, 0.05) is 5.56 Å². The quantitative estimate of drug-likeness (QED) is 0.629. The Labute approximate surface area is 130 Å². The number of cyclic esters (lactones) is 1. The number of carbonyl (C=O) groups is 1. The van der Waals surface area contributed by atoms with Gasteiger partial charge in [0.25, 0.3) is 0 Å². The topological polar surface area (TPSA) is 38.7 Å². The van der Waals surface area contributed by atoms with Gasteiger partial charge in [0.2, 0.25) is 5.90 Å². The van der Waals surface area contributed by atoms with Gasteiger partial charge in [-0.1, -0.05) is 56.3 Å². The van der Waals surface area contributed by atoms with Crippen LogP contribution in [0.4, 0.5) is 0 Å². The first-order valence-corrected chi connectivity index (χ1v) is 7.31. The predicted molar refractivity (Wildman–Crippen MR) is 87.6 cm³/mol. The Morgan fingerprint density at radius 3 is 2.32 bits per heavy atom. The van der Waals surface area contributed by atoms with E-state index in [-0.39, 0.29) is 0 Å². The first-order chi connectivity index (χ1) is 10.6. The molecule has 3 rings (SSSR count). The molecule has 3 nitrogen and oxygen atoms in total. The van der Waals surface area contributed by atoms with Crippen LogP contribution in [0.3, 0.4) is 0 Å². The van der Waals surface area contributed by atoms with Crippen LogP contribution in [0.15, 0.2) is 65.3 Å². The van der Waals surface area contributed by atoms with Crippen molar-refractivity contribution in [2.24, 2.45) is 4.99 Å². The summed E-state index contributed by atoms with van der Waals surface area (Å²) in [4.78, 5) is 16.2. The molecule has 1 aliphatic heterocycles. The van der Waals surface area contributed by atoms with Crippen molar-refractivity contribution in [1.82, 2.24) is 0 Å². The Hall–Kier alpha value is -2.68. The van der Waals surface area contributed by atoms with Crippen molar-refractivity contribution < 1.29 is 9.53 Å². The molecule has 3 heteroatoms. The largest absolute Gasteiger partial charge is 0.402 e. The van der Waals surface area contributed by atoms with Gasteiger partial charge in [0.05, 0.1) is 0 Å². The zero-order valence-corrected chi connectivity index (χ0v) is 12.6. The van der Waals surface area contributed by atoms with E-state index in [0.29, 0.717) is 17.5 Å². The minimum Gasteiger partial charge on any atom is -0.402 e. The van der Waals surface area contributed by atoms with E-state index in [9.17, 15) is 4.79 Å². The lowest BCUT2D eigenvalue weighted by Crippen LogP contribution is -2.04. The number of hydrogen-bond acceptors (Lipinski definition) is 3.